The molecule has 0 spiro atoms. The minimum absolute atomic E-state index is 0.169. The number of aromatic amines is 1. The Morgan fingerprint density at radius 1 is 1.00 bits per heavy atom. The van der Waals surface area contributed by atoms with Gasteiger partial charge >= 0.3 is 0 Å². The van der Waals surface area contributed by atoms with Crippen LogP contribution in [0.5, 0.6) is 11.6 Å². The maximum atomic E-state index is 6.09. The SMILES string of the molecule is CNc1nc2c3c(c[nH]c3n1)-c1ccc3ncc(cc3c1)OCc1ccnc(n1)CO2. The second kappa shape index (κ2) is 6.91. The molecule has 2 N–H and O–H groups in total. The summed E-state index contributed by atoms with van der Waals surface area (Å²) in [5.74, 6) is 2.14. The quantitative estimate of drug-likeness (QED) is 0.431. The lowest BCUT2D eigenvalue weighted by Crippen LogP contribution is -2.07. The summed E-state index contributed by atoms with van der Waals surface area (Å²) in [6.07, 6.45) is 5.33. The van der Waals surface area contributed by atoms with Crippen LogP contribution in [0.25, 0.3) is 33.1 Å². The predicted octanol–water partition coefficient (Wildman–Crippen LogP) is 3.48. The lowest BCUT2D eigenvalue weighted by molar-refractivity contribution is 0.281. The average molecular weight is 411 g/mol. The molecule has 6 rings (SSSR count). The van der Waals surface area contributed by atoms with Crippen LogP contribution in [0.15, 0.2) is 48.9 Å². The standard InChI is InChI=1S/C22H17N7O2/c1-23-22-28-20-19-16(9-26-20)12-2-3-17-13(6-12)7-15(8-25-17)30-10-14-4-5-24-18(27-14)11-31-21(19)29-22/h2-9H,10-11H2,1H3,(H2,23,26,28,29). The number of nitrogens with one attached hydrogen (secondary N) is 2. The van der Waals surface area contributed by atoms with Crippen molar-refractivity contribution in [1.82, 2.24) is 29.9 Å². The van der Waals surface area contributed by atoms with E-state index in [9.17, 15) is 0 Å². The first-order valence-corrected chi connectivity index (χ1v) is 9.80. The lowest BCUT2D eigenvalue weighted by Gasteiger charge is -2.10. The third-order valence-electron chi connectivity index (χ3n) is 5.18. The monoisotopic (exact) mass is 411 g/mol. The summed E-state index contributed by atoms with van der Waals surface area (Å²) in [5.41, 5.74) is 4.25. The molecule has 9 heteroatoms. The minimum atomic E-state index is 0.169. The van der Waals surface area contributed by atoms with Crippen LogP contribution in [-0.2, 0) is 13.2 Å². The van der Waals surface area contributed by atoms with Crippen molar-refractivity contribution in [3.05, 3.63) is 60.4 Å². The fourth-order valence-electron chi connectivity index (χ4n) is 3.68. The first-order chi connectivity index (χ1) is 15.3. The molecule has 1 aromatic carbocycles. The molecule has 0 atom stereocenters. The van der Waals surface area contributed by atoms with E-state index in [0.29, 0.717) is 35.7 Å². The smallest absolute Gasteiger partial charge is 0.229 e. The molecule has 0 saturated heterocycles. The second-order valence-electron chi connectivity index (χ2n) is 7.15. The number of pyridine rings is 1. The topological polar surface area (TPSA) is 111 Å². The summed E-state index contributed by atoms with van der Waals surface area (Å²) in [6.45, 7) is 0.479. The number of rotatable bonds is 1. The van der Waals surface area contributed by atoms with Gasteiger partial charge in [0.1, 0.15) is 24.6 Å². The summed E-state index contributed by atoms with van der Waals surface area (Å²) in [4.78, 5) is 25.7. The minimum Gasteiger partial charge on any atom is -0.486 e. The summed E-state index contributed by atoms with van der Waals surface area (Å²) in [7, 11) is 1.77. The van der Waals surface area contributed by atoms with Gasteiger partial charge in [-0.2, -0.15) is 9.97 Å². The average Bonchev–Trinajstić information content (AvgIpc) is 3.24. The van der Waals surface area contributed by atoms with E-state index in [2.05, 4.69) is 41.3 Å². The molecule has 152 valence electrons. The van der Waals surface area contributed by atoms with Crippen LogP contribution >= 0.6 is 0 Å². The highest BCUT2D eigenvalue weighted by Crippen LogP contribution is 2.36. The Hall–Kier alpha value is -4.27. The van der Waals surface area contributed by atoms with Crippen LogP contribution in [0.3, 0.4) is 0 Å². The number of hydrogen-bond donors (Lipinski definition) is 2. The van der Waals surface area contributed by atoms with Gasteiger partial charge in [-0.05, 0) is 29.8 Å². The van der Waals surface area contributed by atoms with Gasteiger partial charge in [0.2, 0.25) is 11.8 Å². The Bertz CT molecular complexity index is 1450. The molecule has 1 aliphatic heterocycles. The van der Waals surface area contributed by atoms with Crippen molar-refractivity contribution >= 4 is 27.9 Å². The molecule has 5 bridgehead atoms. The van der Waals surface area contributed by atoms with E-state index in [0.717, 1.165) is 33.1 Å². The Morgan fingerprint density at radius 2 is 1.97 bits per heavy atom. The van der Waals surface area contributed by atoms with Crippen LogP contribution in [0.4, 0.5) is 5.95 Å². The molecule has 4 aromatic heterocycles. The maximum absolute atomic E-state index is 6.09. The van der Waals surface area contributed by atoms with Crippen LogP contribution in [0.1, 0.15) is 11.5 Å². The number of anilines is 1. The van der Waals surface area contributed by atoms with Crippen LogP contribution in [0, 0.1) is 0 Å². The van der Waals surface area contributed by atoms with E-state index in [4.69, 9.17) is 9.47 Å². The van der Waals surface area contributed by atoms with Gasteiger partial charge in [0, 0.05) is 30.4 Å². The van der Waals surface area contributed by atoms with E-state index >= 15 is 0 Å². The molecular formula is C22H17N7O2. The van der Waals surface area contributed by atoms with E-state index in [1.165, 1.54) is 0 Å². The van der Waals surface area contributed by atoms with Crippen molar-refractivity contribution in [3.8, 4) is 22.8 Å². The van der Waals surface area contributed by atoms with Crippen molar-refractivity contribution in [3.63, 3.8) is 0 Å². The first kappa shape index (κ1) is 17.6. The predicted molar refractivity (Wildman–Crippen MR) is 115 cm³/mol. The molecule has 0 radical (unpaired) electrons. The van der Waals surface area contributed by atoms with Crippen molar-refractivity contribution in [2.45, 2.75) is 13.2 Å². The number of hydrogen-bond acceptors (Lipinski definition) is 8. The number of aromatic nitrogens is 6. The lowest BCUT2D eigenvalue weighted by atomic mass is 10.0. The van der Waals surface area contributed by atoms with Crippen molar-refractivity contribution in [2.24, 2.45) is 0 Å². The number of fused-ring (bicyclic) bond motifs is 5. The fourth-order valence-corrected chi connectivity index (χ4v) is 3.68. The zero-order chi connectivity index (χ0) is 20.8. The zero-order valence-electron chi connectivity index (χ0n) is 16.6. The molecule has 0 amide bonds. The summed E-state index contributed by atoms with van der Waals surface area (Å²) >= 11 is 0. The van der Waals surface area contributed by atoms with Crippen molar-refractivity contribution in [1.29, 1.82) is 0 Å². The van der Waals surface area contributed by atoms with Crippen LogP contribution in [0.2, 0.25) is 0 Å². The van der Waals surface area contributed by atoms with Gasteiger partial charge in [-0.15, -0.1) is 0 Å². The molecular weight excluding hydrogens is 394 g/mol. The molecule has 31 heavy (non-hydrogen) atoms. The molecule has 1 aliphatic rings. The number of nitrogens with zero attached hydrogens (tertiary/aromatic N) is 5. The van der Waals surface area contributed by atoms with Crippen molar-refractivity contribution in [2.75, 3.05) is 12.4 Å². The van der Waals surface area contributed by atoms with E-state index in [-0.39, 0.29) is 6.61 Å². The molecule has 5 aromatic rings. The molecule has 0 saturated carbocycles. The summed E-state index contributed by atoms with van der Waals surface area (Å²) in [6, 6.07) is 9.89. The van der Waals surface area contributed by atoms with E-state index in [1.807, 2.05) is 30.5 Å². The molecule has 9 nitrogen and oxygen atoms in total. The normalized spacial score (nSPS) is 12.9. The van der Waals surface area contributed by atoms with Gasteiger partial charge in [0.15, 0.2) is 5.82 Å². The molecule has 0 unspecified atom stereocenters. The molecule has 0 aliphatic carbocycles. The highest BCUT2D eigenvalue weighted by atomic mass is 16.5. The Labute approximate surface area is 176 Å². The Kier molecular flexibility index (Phi) is 3.92. The highest BCUT2D eigenvalue weighted by Gasteiger charge is 2.17. The largest absolute Gasteiger partial charge is 0.486 e. The number of H-pyrrole nitrogens is 1. The fraction of sp³-hybridized carbons (Fsp3) is 0.136. The van der Waals surface area contributed by atoms with Gasteiger partial charge in [-0.1, -0.05) is 6.07 Å². The van der Waals surface area contributed by atoms with Crippen LogP contribution in [-0.4, -0.2) is 37.0 Å². The van der Waals surface area contributed by atoms with Gasteiger partial charge in [-0.25, -0.2) is 9.97 Å². The third kappa shape index (κ3) is 3.07. The number of benzene rings is 1. The molecule has 5 heterocycles. The summed E-state index contributed by atoms with van der Waals surface area (Å²) < 4.78 is 12.0. The number of ether oxygens (including phenoxy) is 2. The van der Waals surface area contributed by atoms with E-state index < -0.39 is 0 Å². The van der Waals surface area contributed by atoms with E-state index in [1.54, 1.807) is 19.4 Å². The highest BCUT2D eigenvalue weighted by molar-refractivity contribution is 5.99. The van der Waals surface area contributed by atoms with Gasteiger partial charge in [0.05, 0.1) is 22.8 Å². The van der Waals surface area contributed by atoms with Crippen LogP contribution < -0.4 is 14.8 Å². The first-order valence-electron chi connectivity index (χ1n) is 9.80. The van der Waals surface area contributed by atoms with Gasteiger partial charge < -0.3 is 19.8 Å². The maximum Gasteiger partial charge on any atom is 0.229 e. The molecule has 0 fully saturated rings. The third-order valence-corrected chi connectivity index (χ3v) is 5.18. The zero-order valence-corrected chi connectivity index (χ0v) is 16.6. The summed E-state index contributed by atoms with van der Waals surface area (Å²) in [5, 5.41) is 4.74. The van der Waals surface area contributed by atoms with Crippen molar-refractivity contribution < 1.29 is 9.47 Å². The van der Waals surface area contributed by atoms with Gasteiger partial charge in [-0.3, -0.25) is 4.98 Å². The van der Waals surface area contributed by atoms with Gasteiger partial charge in [0.25, 0.3) is 0 Å². The Morgan fingerprint density at radius 3 is 2.90 bits per heavy atom. The Balaban J connectivity index is 1.61. The second-order valence-corrected chi connectivity index (χ2v) is 7.15.